The number of carbonyl (C=O) groups is 2. The first-order valence-corrected chi connectivity index (χ1v) is 9.04. The molecule has 0 saturated carbocycles. The van der Waals surface area contributed by atoms with Crippen LogP contribution in [0.15, 0.2) is 30.5 Å². The van der Waals surface area contributed by atoms with Gasteiger partial charge in [0.25, 0.3) is 0 Å². The van der Waals surface area contributed by atoms with E-state index in [-0.39, 0.29) is 18.1 Å². The Morgan fingerprint density at radius 3 is 2.54 bits per heavy atom. The number of carboxylic acids is 1. The van der Waals surface area contributed by atoms with Crippen molar-refractivity contribution in [1.82, 2.24) is 19.6 Å². The molecule has 0 spiro atoms. The van der Waals surface area contributed by atoms with E-state index in [0.29, 0.717) is 28.0 Å². The molecule has 3 aromatic rings. The molecule has 0 saturated heterocycles. The summed E-state index contributed by atoms with van der Waals surface area (Å²) in [6, 6.07) is 6.70. The minimum atomic E-state index is -1.14. The molecular weight excluding hydrogens is 405 g/mol. The molecule has 0 aliphatic rings. The van der Waals surface area contributed by atoms with Gasteiger partial charge in [0.15, 0.2) is 5.69 Å². The molecule has 2 aromatic heterocycles. The summed E-state index contributed by atoms with van der Waals surface area (Å²) in [6.45, 7) is 4.01. The Morgan fingerprint density at radius 2 is 1.89 bits per heavy atom. The summed E-state index contributed by atoms with van der Waals surface area (Å²) in [5, 5.41) is 21.0. The van der Waals surface area contributed by atoms with Gasteiger partial charge in [0.05, 0.1) is 33.7 Å². The average molecular weight is 422 g/mol. The van der Waals surface area contributed by atoms with Crippen molar-refractivity contribution in [3.8, 4) is 0 Å². The standard InChI is InChI=1S/C18H17Cl2N5O3/c1-10-17(21-16(26)9-24-6-5-15(23-24)18(27)28)11(2)25(22-10)8-12-3-4-13(19)14(20)7-12/h3-7H,8-9H2,1-2H3,(H,21,26)(H,27,28). The monoisotopic (exact) mass is 421 g/mol. The highest BCUT2D eigenvalue weighted by Crippen LogP contribution is 2.25. The van der Waals surface area contributed by atoms with Gasteiger partial charge in [0.1, 0.15) is 6.54 Å². The average Bonchev–Trinajstić information content (AvgIpc) is 3.19. The van der Waals surface area contributed by atoms with Crippen LogP contribution in [0.1, 0.15) is 27.4 Å². The van der Waals surface area contributed by atoms with Gasteiger partial charge in [0, 0.05) is 6.20 Å². The van der Waals surface area contributed by atoms with Gasteiger partial charge in [0.2, 0.25) is 5.91 Å². The van der Waals surface area contributed by atoms with E-state index in [0.717, 1.165) is 11.3 Å². The van der Waals surface area contributed by atoms with Crippen molar-refractivity contribution in [3.05, 3.63) is 63.2 Å². The number of carboxylic acid groups (broad SMARTS) is 1. The van der Waals surface area contributed by atoms with E-state index < -0.39 is 5.97 Å². The molecule has 0 bridgehead atoms. The first-order chi connectivity index (χ1) is 13.2. The molecular formula is C18H17Cl2N5O3. The number of hydrogen-bond acceptors (Lipinski definition) is 4. The maximum Gasteiger partial charge on any atom is 0.356 e. The highest BCUT2D eigenvalue weighted by atomic mass is 35.5. The molecule has 1 amide bonds. The number of halogens is 2. The molecule has 0 radical (unpaired) electrons. The summed E-state index contributed by atoms with van der Waals surface area (Å²) < 4.78 is 3.03. The van der Waals surface area contributed by atoms with Crippen molar-refractivity contribution < 1.29 is 14.7 Å². The van der Waals surface area contributed by atoms with Crippen molar-refractivity contribution in [2.45, 2.75) is 26.9 Å². The quantitative estimate of drug-likeness (QED) is 0.634. The van der Waals surface area contributed by atoms with Gasteiger partial charge in [-0.25, -0.2) is 4.79 Å². The van der Waals surface area contributed by atoms with E-state index in [1.807, 2.05) is 13.0 Å². The highest BCUT2D eigenvalue weighted by Gasteiger charge is 2.16. The zero-order valence-corrected chi connectivity index (χ0v) is 16.6. The second-order valence-corrected chi connectivity index (χ2v) is 7.02. The van der Waals surface area contributed by atoms with Crippen LogP contribution in [0.2, 0.25) is 10.0 Å². The lowest BCUT2D eigenvalue weighted by molar-refractivity contribution is -0.116. The number of rotatable bonds is 6. The topological polar surface area (TPSA) is 102 Å². The lowest BCUT2D eigenvalue weighted by atomic mass is 10.2. The first kappa shape index (κ1) is 19.9. The Balaban J connectivity index is 1.72. The van der Waals surface area contributed by atoms with Gasteiger partial charge in [-0.15, -0.1) is 0 Å². The third kappa shape index (κ3) is 4.35. The fourth-order valence-corrected chi connectivity index (χ4v) is 3.05. The summed E-state index contributed by atoms with van der Waals surface area (Å²) in [7, 11) is 0. The zero-order chi connectivity index (χ0) is 20.4. The fraction of sp³-hybridized carbons (Fsp3) is 0.222. The van der Waals surface area contributed by atoms with Crippen LogP contribution in [-0.2, 0) is 17.9 Å². The van der Waals surface area contributed by atoms with Gasteiger partial charge >= 0.3 is 5.97 Å². The summed E-state index contributed by atoms with van der Waals surface area (Å²) in [5.41, 5.74) is 2.86. The number of nitrogens with one attached hydrogen (secondary N) is 1. The maximum atomic E-state index is 12.3. The smallest absolute Gasteiger partial charge is 0.356 e. The number of aromatic nitrogens is 4. The van der Waals surface area contributed by atoms with Crippen molar-refractivity contribution in [3.63, 3.8) is 0 Å². The molecule has 0 atom stereocenters. The first-order valence-electron chi connectivity index (χ1n) is 8.29. The number of hydrogen-bond donors (Lipinski definition) is 2. The van der Waals surface area contributed by atoms with Crippen LogP contribution in [0, 0.1) is 13.8 Å². The summed E-state index contributed by atoms with van der Waals surface area (Å²) in [6.07, 6.45) is 1.44. The molecule has 0 aliphatic carbocycles. The van der Waals surface area contributed by atoms with Crippen molar-refractivity contribution in [2.75, 3.05) is 5.32 Å². The fourth-order valence-electron chi connectivity index (χ4n) is 2.73. The largest absolute Gasteiger partial charge is 0.476 e. The third-order valence-corrected chi connectivity index (χ3v) is 4.87. The van der Waals surface area contributed by atoms with Crippen LogP contribution >= 0.6 is 23.2 Å². The van der Waals surface area contributed by atoms with E-state index in [1.54, 1.807) is 23.7 Å². The molecule has 3 rings (SSSR count). The minimum absolute atomic E-state index is 0.107. The lowest BCUT2D eigenvalue weighted by Crippen LogP contribution is -2.20. The molecule has 8 nitrogen and oxygen atoms in total. The second-order valence-electron chi connectivity index (χ2n) is 6.20. The number of aromatic carboxylic acids is 1. The van der Waals surface area contributed by atoms with Crippen LogP contribution < -0.4 is 5.32 Å². The molecule has 10 heteroatoms. The predicted molar refractivity (Wildman–Crippen MR) is 105 cm³/mol. The number of amides is 1. The molecule has 0 unspecified atom stereocenters. The molecule has 0 aliphatic heterocycles. The second kappa shape index (κ2) is 8.04. The number of benzene rings is 1. The van der Waals surface area contributed by atoms with E-state index in [2.05, 4.69) is 15.5 Å². The van der Waals surface area contributed by atoms with Crippen LogP contribution in [0.4, 0.5) is 5.69 Å². The van der Waals surface area contributed by atoms with Gasteiger partial charge in [-0.2, -0.15) is 10.2 Å². The minimum Gasteiger partial charge on any atom is -0.476 e. The van der Waals surface area contributed by atoms with Crippen molar-refractivity contribution in [2.24, 2.45) is 0 Å². The van der Waals surface area contributed by atoms with E-state index in [4.69, 9.17) is 28.3 Å². The number of nitrogens with zero attached hydrogens (tertiary/aromatic N) is 4. The number of carbonyl (C=O) groups excluding carboxylic acids is 1. The van der Waals surface area contributed by atoms with Crippen LogP contribution in [0.25, 0.3) is 0 Å². The van der Waals surface area contributed by atoms with E-state index in [9.17, 15) is 9.59 Å². The molecule has 146 valence electrons. The summed E-state index contributed by atoms with van der Waals surface area (Å²) in [4.78, 5) is 23.2. The SMILES string of the molecule is Cc1nn(Cc2ccc(Cl)c(Cl)c2)c(C)c1NC(=O)Cn1ccc(C(=O)O)n1. The third-order valence-electron chi connectivity index (χ3n) is 4.13. The molecule has 2 N–H and O–H groups in total. The van der Waals surface area contributed by atoms with Crippen LogP contribution in [0.5, 0.6) is 0 Å². The Bertz CT molecular complexity index is 1060. The van der Waals surface area contributed by atoms with Gasteiger partial charge in [-0.1, -0.05) is 29.3 Å². The van der Waals surface area contributed by atoms with Crippen LogP contribution in [-0.4, -0.2) is 36.5 Å². The molecule has 0 fully saturated rings. The van der Waals surface area contributed by atoms with Gasteiger partial charge in [-0.3, -0.25) is 14.2 Å². The Labute approximate surface area is 170 Å². The zero-order valence-electron chi connectivity index (χ0n) is 15.1. The summed E-state index contributed by atoms with van der Waals surface area (Å²) >= 11 is 12.0. The maximum absolute atomic E-state index is 12.3. The number of aryl methyl sites for hydroxylation is 1. The summed E-state index contributed by atoms with van der Waals surface area (Å²) in [5.74, 6) is -1.48. The number of anilines is 1. The molecule has 1 aromatic carbocycles. The van der Waals surface area contributed by atoms with Crippen molar-refractivity contribution >= 4 is 40.8 Å². The normalized spacial score (nSPS) is 10.9. The predicted octanol–water partition coefficient (Wildman–Crippen LogP) is 3.39. The van der Waals surface area contributed by atoms with Crippen LogP contribution in [0.3, 0.4) is 0 Å². The lowest BCUT2D eigenvalue weighted by Gasteiger charge is -2.08. The van der Waals surface area contributed by atoms with E-state index >= 15 is 0 Å². The van der Waals surface area contributed by atoms with Gasteiger partial charge < -0.3 is 10.4 Å². The molecule has 28 heavy (non-hydrogen) atoms. The van der Waals surface area contributed by atoms with Gasteiger partial charge in [-0.05, 0) is 37.6 Å². The Kier molecular flexibility index (Phi) is 5.71. The van der Waals surface area contributed by atoms with Crippen molar-refractivity contribution in [1.29, 1.82) is 0 Å². The molecule has 2 heterocycles. The Hall–Kier alpha value is -2.84. The highest BCUT2D eigenvalue weighted by molar-refractivity contribution is 6.42. The Morgan fingerprint density at radius 1 is 1.14 bits per heavy atom. The van der Waals surface area contributed by atoms with E-state index in [1.165, 1.54) is 16.9 Å².